The smallest absolute Gasteiger partial charge is 0.147 e. The molecule has 0 aliphatic rings. The van der Waals surface area contributed by atoms with E-state index in [0.29, 0.717) is 0 Å². The van der Waals surface area contributed by atoms with Gasteiger partial charge in [-0.25, -0.2) is 4.98 Å². The van der Waals surface area contributed by atoms with E-state index >= 15 is 0 Å². The maximum absolute atomic E-state index is 4.57. The molecule has 1 aromatic heterocycles. The Morgan fingerprint density at radius 3 is 2.63 bits per heavy atom. The second kappa shape index (κ2) is 6.63. The van der Waals surface area contributed by atoms with Crippen molar-refractivity contribution in [2.24, 2.45) is 0 Å². The van der Waals surface area contributed by atoms with Gasteiger partial charge in [0.15, 0.2) is 0 Å². The highest BCUT2D eigenvalue weighted by atomic mass is 79.9. The Bertz CT molecular complexity index is 527. The fourth-order valence-corrected chi connectivity index (χ4v) is 2.05. The van der Waals surface area contributed by atoms with E-state index in [1.54, 1.807) is 12.4 Å². The summed E-state index contributed by atoms with van der Waals surface area (Å²) in [4.78, 5) is 10.9. The van der Waals surface area contributed by atoms with Crippen molar-refractivity contribution in [3.63, 3.8) is 0 Å². The van der Waals surface area contributed by atoms with Gasteiger partial charge in [0.1, 0.15) is 5.82 Å². The molecule has 0 radical (unpaired) electrons. The third-order valence-corrected chi connectivity index (χ3v) is 3.28. The largest absolute Gasteiger partial charge is 0.354 e. The fourth-order valence-electron chi connectivity index (χ4n) is 1.79. The number of halogens is 1. The number of hydrogen-bond donors (Lipinski definition) is 1. The molecule has 0 fully saturated rings. The van der Waals surface area contributed by atoms with Crippen molar-refractivity contribution in [2.75, 3.05) is 19.0 Å². The van der Waals surface area contributed by atoms with E-state index in [4.69, 9.17) is 0 Å². The number of rotatable bonds is 5. The highest BCUT2D eigenvalue weighted by molar-refractivity contribution is 9.10. The van der Waals surface area contributed by atoms with Crippen molar-refractivity contribution in [1.82, 2.24) is 15.3 Å². The summed E-state index contributed by atoms with van der Waals surface area (Å²) >= 11 is 3.44. The number of hydrogen-bond acceptors (Lipinski definition) is 4. The molecule has 0 amide bonds. The van der Waals surface area contributed by atoms with E-state index in [1.165, 1.54) is 5.56 Å². The second-order valence-electron chi connectivity index (χ2n) is 4.38. The van der Waals surface area contributed by atoms with Crippen LogP contribution in [0.15, 0.2) is 41.1 Å². The molecular formula is C14H17BrN4. The molecule has 0 saturated heterocycles. The number of nitrogens with one attached hydrogen (secondary N) is 1. The number of anilines is 1. The maximum atomic E-state index is 4.57. The van der Waals surface area contributed by atoms with Crippen LogP contribution in [0.25, 0.3) is 0 Å². The molecule has 0 aliphatic carbocycles. The molecule has 0 atom stereocenters. The number of benzene rings is 1. The third kappa shape index (κ3) is 4.01. The standard InChI is InChI=1S/C14H17BrN4/c1-16-7-13-8-17-9-14(18-13)19(2)10-11-3-5-12(15)6-4-11/h3-6,8-9,16H,7,10H2,1-2H3. The molecule has 0 bridgehead atoms. The van der Waals surface area contributed by atoms with Gasteiger partial charge in [-0.05, 0) is 24.7 Å². The number of nitrogens with zero attached hydrogens (tertiary/aromatic N) is 3. The average Bonchev–Trinajstić information content (AvgIpc) is 2.42. The molecule has 2 aromatic rings. The van der Waals surface area contributed by atoms with Gasteiger partial charge in [-0.15, -0.1) is 0 Å². The first-order chi connectivity index (χ1) is 9.19. The molecule has 0 saturated carbocycles. The summed E-state index contributed by atoms with van der Waals surface area (Å²) in [5.74, 6) is 0.885. The summed E-state index contributed by atoms with van der Waals surface area (Å²) in [7, 11) is 3.93. The predicted molar refractivity (Wildman–Crippen MR) is 81.0 cm³/mol. The normalized spacial score (nSPS) is 10.5. The van der Waals surface area contributed by atoms with Gasteiger partial charge in [-0.3, -0.25) is 4.98 Å². The molecule has 0 unspecified atom stereocenters. The first-order valence-electron chi connectivity index (χ1n) is 6.10. The summed E-state index contributed by atoms with van der Waals surface area (Å²) in [5, 5.41) is 3.08. The molecule has 1 heterocycles. The molecule has 2 rings (SSSR count). The van der Waals surface area contributed by atoms with Gasteiger partial charge >= 0.3 is 0 Å². The molecular weight excluding hydrogens is 304 g/mol. The highest BCUT2D eigenvalue weighted by Gasteiger charge is 2.05. The van der Waals surface area contributed by atoms with E-state index < -0.39 is 0 Å². The van der Waals surface area contributed by atoms with Crippen LogP contribution in [0, 0.1) is 0 Å². The maximum Gasteiger partial charge on any atom is 0.147 e. The Kier molecular flexibility index (Phi) is 4.87. The van der Waals surface area contributed by atoms with E-state index in [0.717, 1.165) is 29.1 Å². The molecule has 4 nitrogen and oxygen atoms in total. The van der Waals surface area contributed by atoms with Gasteiger partial charge in [0.25, 0.3) is 0 Å². The van der Waals surface area contributed by atoms with Crippen LogP contribution in [0.5, 0.6) is 0 Å². The van der Waals surface area contributed by atoms with Crippen LogP contribution in [0.3, 0.4) is 0 Å². The van der Waals surface area contributed by atoms with E-state index in [1.807, 2.05) is 26.2 Å². The van der Waals surface area contributed by atoms with E-state index in [2.05, 4.69) is 48.2 Å². The van der Waals surface area contributed by atoms with Gasteiger partial charge in [-0.2, -0.15) is 0 Å². The second-order valence-corrected chi connectivity index (χ2v) is 5.30. The molecule has 0 spiro atoms. The summed E-state index contributed by atoms with van der Waals surface area (Å²) < 4.78 is 1.09. The van der Waals surface area contributed by atoms with E-state index in [-0.39, 0.29) is 0 Å². The molecule has 19 heavy (non-hydrogen) atoms. The van der Waals surface area contributed by atoms with Crippen molar-refractivity contribution in [3.8, 4) is 0 Å². The van der Waals surface area contributed by atoms with Crippen molar-refractivity contribution in [2.45, 2.75) is 13.1 Å². The zero-order valence-electron chi connectivity index (χ0n) is 11.1. The minimum absolute atomic E-state index is 0.729. The molecule has 0 aliphatic heterocycles. The lowest BCUT2D eigenvalue weighted by atomic mass is 10.2. The number of aromatic nitrogens is 2. The van der Waals surface area contributed by atoms with Crippen LogP contribution in [-0.2, 0) is 13.1 Å². The first kappa shape index (κ1) is 14.0. The van der Waals surface area contributed by atoms with Crippen LogP contribution in [0.4, 0.5) is 5.82 Å². The van der Waals surface area contributed by atoms with E-state index in [9.17, 15) is 0 Å². The van der Waals surface area contributed by atoms with Gasteiger partial charge < -0.3 is 10.2 Å². The summed E-state index contributed by atoms with van der Waals surface area (Å²) in [6.07, 6.45) is 3.57. The monoisotopic (exact) mass is 320 g/mol. The Hall–Kier alpha value is -1.46. The van der Waals surface area contributed by atoms with Crippen molar-refractivity contribution in [3.05, 3.63) is 52.4 Å². The summed E-state index contributed by atoms with van der Waals surface area (Å²) in [5.41, 5.74) is 2.19. The zero-order valence-corrected chi connectivity index (χ0v) is 12.7. The van der Waals surface area contributed by atoms with Gasteiger partial charge in [0.05, 0.1) is 11.9 Å². The predicted octanol–water partition coefficient (Wildman–Crippen LogP) is 2.59. The minimum Gasteiger partial charge on any atom is -0.354 e. The first-order valence-corrected chi connectivity index (χ1v) is 6.89. The molecule has 5 heteroatoms. The Morgan fingerprint density at radius 1 is 1.21 bits per heavy atom. The molecule has 100 valence electrons. The molecule has 1 N–H and O–H groups in total. The minimum atomic E-state index is 0.729. The zero-order chi connectivity index (χ0) is 13.7. The van der Waals surface area contributed by atoms with Gasteiger partial charge in [0.2, 0.25) is 0 Å². The topological polar surface area (TPSA) is 41.1 Å². The fraction of sp³-hybridized carbons (Fsp3) is 0.286. The van der Waals surface area contributed by atoms with Crippen LogP contribution in [0.2, 0.25) is 0 Å². The SMILES string of the molecule is CNCc1cncc(N(C)Cc2ccc(Br)cc2)n1. The van der Waals surface area contributed by atoms with Crippen LogP contribution >= 0.6 is 15.9 Å². The lowest BCUT2D eigenvalue weighted by Gasteiger charge is -2.18. The highest BCUT2D eigenvalue weighted by Crippen LogP contribution is 2.15. The quantitative estimate of drug-likeness (QED) is 0.919. The average molecular weight is 321 g/mol. The third-order valence-electron chi connectivity index (χ3n) is 2.75. The van der Waals surface area contributed by atoms with Crippen LogP contribution in [0.1, 0.15) is 11.3 Å². The Labute approximate surface area is 122 Å². The van der Waals surface area contributed by atoms with Gasteiger partial charge in [0, 0.05) is 30.8 Å². The lowest BCUT2D eigenvalue weighted by Crippen LogP contribution is -2.19. The van der Waals surface area contributed by atoms with Crippen LogP contribution in [-0.4, -0.2) is 24.1 Å². The van der Waals surface area contributed by atoms with Crippen molar-refractivity contribution in [1.29, 1.82) is 0 Å². The van der Waals surface area contributed by atoms with Gasteiger partial charge in [-0.1, -0.05) is 28.1 Å². The summed E-state index contributed by atoms with van der Waals surface area (Å²) in [6, 6.07) is 8.30. The summed E-state index contributed by atoms with van der Waals surface area (Å²) in [6.45, 7) is 1.54. The lowest BCUT2D eigenvalue weighted by molar-refractivity contribution is 0.775. The molecule has 1 aromatic carbocycles. The van der Waals surface area contributed by atoms with Crippen molar-refractivity contribution >= 4 is 21.7 Å². The Morgan fingerprint density at radius 2 is 1.95 bits per heavy atom. The Balaban J connectivity index is 2.08. The van der Waals surface area contributed by atoms with Crippen molar-refractivity contribution < 1.29 is 0 Å². The van der Waals surface area contributed by atoms with Crippen LogP contribution < -0.4 is 10.2 Å².